The van der Waals surface area contributed by atoms with Crippen LogP contribution in [0, 0.1) is 0 Å². The Kier molecular flexibility index (Phi) is 7.06. The summed E-state index contributed by atoms with van der Waals surface area (Å²) in [7, 11) is -0.742. The van der Waals surface area contributed by atoms with Crippen molar-refractivity contribution in [1.29, 1.82) is 0 Å². The first-order valence-corrected chi connectivity index (χ1v) is 12.3. The number of rotatable bonds is 6. The SMILES string of the molecule is COc1ccccc1N1CCN(C(=O)c2ccc(OC)c(S(=O)(=O)N3CCOCC3)c2)CC1. The van der Waals surface area contributed by atoms with Crippen LogP contribution < -0.4 is 14.4 Å². The molecule has 0 aliphatic carbocycles. The van der Waals surface area contributed by atoms with Gasteiger partial charge in [-0.1, -0.05) is 12.1 Å². The highest BCUT2D eigenvalue weighted by atomic mass is 32.2. The lowest BCUT2D eigenvalue weighted by molar-refractivity contribution is 0.0728. The molecule has 4 rings (SSSR count). The van der Waals surface area contributed by atoms with Gasteiger partial charge in [-0.25, -0.2) is 8.42 Å². The number of benzene rings is 2. The minimum Gasteiger partial charge on any atom is -0.495 e. The summed E-state index contributed by atoms with van der Waals surface area (Å²) in [4.78, 5) is 17.2. The molecule has 0 saturated carbocycles. The average molecular weight is 476 g/mol. The van der Waals surface area contributed by atoms with Crippen LogP contribution in [0.15, 0.2) is 47.4 Å². The van der Waals surface area contributed by atoms with Gasteiger partial charge < -0.3 is 24.0 Å². The summed E-state index contributed by atoms with van der Waals surface area (Å²) in [5.74, 6) is 0.820. The summed E-state index contributed by atoms with van der Waals surface area (Å²) in [6.07, 6.45) is 0. The molecule has 0 radical (unpaired) electrons. The van der Waals surface area contributed by atoms with Gasteiger partial charge in [0.1, 0.15) is 16.4 Å². The first-order chi connectivity index (χ1) is 16.0. The lowest BCUT2D eigenvalue weighted by Gasteiger charge is -2.36. The quantitative estimate of drug-likeness (QED) is 0.628. The van der Waals surface area contributed by atoms with Crippen molar-refractivity contribution in [3.8, 4) is 11.5 Å². The second kappa shape index (κ2) is 9.98. The summed E-state index contributed by atoms with van der Waals surface area (Å²) in [5.41, 5.74) is 1.32. The molecule has 9 nitrogen and oxygen atoms in total. The smallest absolute Gasteiger partial charge is 0.254 e. The van der Waals surface area contributed by atoms with Gasteiger partial charge in [-0.3, -0.25) is 4.79 Å². The highest BCUT2D eigenvalue weighted by Crippen LogP contribution is 2.30. The van der Waals surface area contributed by atoms with Crippen LogP contribution in [-0.4, -0.2) is 90.2 Å². The standard InChI is InChI=1S/C23H29N3O6S/c1-30-20-6-4-3-5-19(20)24-9-11-25(12-10-24)23(27)18-7-8-21(31-2)22(17-18)33(28,29)26-13-15-32-16-14-26/h3-8,17H,9-16H2,1-2H3. The van der Waals surface area contributed by atoms with Gasteiger partial charge >= 0.3 is 0 Å². The maximum absolute atomic E-state index is 13.2. The fourth-order valence-electron chi connectivity index (χ4n) is 4.16. The van der Waals surface area contributed by atoms with Crippen LogP contribution in [0.2, 0.25) is 0 Å². The van der Waals surface area contributed by atoms with Gasteiger partial charge in [-0.05, 0) is 30.3 Å². The Hall–Kier alpha value is -2.82. The van der Waals surface area contributed by atoms with E-state index in [1.54, 1.807) is 24.1 Å². The fraction of sp³-hybridized carbons (Fsp3) is 0.435. The molecule has 0 spiro atoms. The van der Waals surface area contributed by atoms with E-state index in [1.165, 1.54) is 17.5 Å². The lowest BCUT2D eigenvalue weighted by Crippen LogP contribution is -2.49. The molecule has 2 aromatic carbocycles. The number of carbonyl (C=O) groups excluding carboxylic acids is 1. The minimum atomic E-state index is -3.81. The molecule has 0 bridgehead atoms. The zero-order chi connectivity index (χ0) is 23.4. The molecule has 0 unspecified atom stereocenters. The maximum Gasteiger partial charge on any atom is 0.254 e. The minimum absolute atomic E-state index is 0.00501. The van der Waals surface area contributed by atoms with Crippen LogP contribution >= 0.6 is 0 Å². The van der Waals surface area contributed by atoms with E-state index >= 15 is 0 Å². The van der Waals surface area contributed by atoms with Crippen LogP contribution in [0.5, 0.6) is 11.5 Å². The van der Waals surface area contributed by atoms with Gasteiger partial charge in [-0.15, -0.1) is 0 Å². The molecule has 2 heterocycles. The summed E-state index contributed by atoms with van der Waals surface area (Å²) in [6.45, 7) is 3.59. The molecule has 1 amide bonds. The van der Waals surface area contributed by atoms with E-state index < -0.39 is 10.0 Å². The van der Waals surface area contributed by atoms with E-state index in [2.05, 4.69) is 4.90 Å². The molecule has 2 aliphatic rings. The van der Waals surface area contributed by atoms with Crippen molar-refractivity contribution in [3.63, 3.8) is 0 Å². The zero-order valence-corrected chi connectivity index (χ0v) is 19.7. The van der Waals surface area contributed by atoms with Crippen molar-refractivity contribution in [2.24, 2.45) is 0 Å². The average Bonchev–Trinajstić information content (AvgIpc) is 2.88. The monoisotopic (exact) mass is 475 g/mol. The number of carbonyl (C=O) groups is 1. The zero-order valence-electron chi connectivity index (χ0n) is 18.9. The molecule has 10 heteroatoms. The van der Waals surface area contributed by atoms with E-state index in [4.69, 9.17) is 14.2 Å². The summed E-state index contributed by atoms with van der Waals surface area (Å²) < 4.78 is 43.9. The number of anilines is 1. The van der Waals surface area contributed by atoms with Crippen molar-refractivity contribution < 1.29 is 27.4 Å². The third-order valence-corrected chi connectivity index (χ3v) is 7.91. The first kappa shape index (κ1) is 23.3. The number of hydrogen-bond donors (Lipinski definition) is 0. The molecule has 2 aromatic rings. The fourth-order valence-corrected chi connectivity index (χ4v) is 5.75. The van der Waals surface area contributed by atoms with Gasteiger partial charge in [0.25, 0.3) is 5.91 Å². The van der Waals surface area contributed by atoms with Crippen LogP contribution in [0.4, 0.5) is 5.69 Å². The largest absolute Gasteiger partial charge is 0.495 e. The summed E-state index contributed by atoms with van der Waals surface area (Å²) in [5, 5.41) is 0. The number of para-hydroxylation sites is 2. The predicted molar refractivity (Wildman–Crippen MR) is 124 cm³/mol. The molecule has 0 aromatic heterocycles. The summed E-state index contributed by atoms with van der Waals surface area (Å²) >= 11 is 0. The topological polar surface area (TPSA) is 88.6 Å². The Balaban J connectivity index is 1.51. The Morgan fingerprint density at radius 2 is 1.55 bits per heavy atom. The Labute approximate surface area is 194 Å². The maximum atomic E-state index is 13.2. The van der Waals surface area contributed by atoms with E-state index in [1.807, 2.05) is 24.3 Å². The second-order valence-electron chi connectivity index (χ2n) is 7.83. The number of sulfonamides is 1. The summed E-state index contributed by atoms with van der Waals surface area (Å²) in [6, 6.07) is 12.4. The van der Waals surface area contributed by atoms with E-state index in [0.717, 1.165) is 11.4 Å². The van der Waals surface area contributed by atoms with Gasteiger partial charge in [0, 0.05) is 44.8 Å². The number of ether oxygens (including phenoxy) is 3. The molecular formula is C23H29N3O6S. The Bertz CT molecular complexity index is 1090. The van der Waals surface area contributed by atoms with E-state index in [-0.39, 0.29) is 29.6 Å². The third-order valence-electron chi connectivity index (χ3n) is 5.99. The Morgan fingerprint density at radius 1 is 0.879 bits per heavy atom. The highest BCUT2D eigenvalue weighted by molar-refractivity contribution is 7.89. The molecule has 2 fully saturated rings. The van der Waals surface area contributed by atoms with Crippen LogP contribution in [0.3, 0.4) is 0 Å². The van der Waals surface area contributed by atoms with Gasteiger partial charge in [0.05, 0.1) is 33.1 Å². The lowest BCUT2D eigenvalue weighted by atomic mass is 10.1. The third kappa shape index (κ3) is 4.78. The molecule has 2 aliphatic heterocycles. The van der Waals surface area contributed by atoms with E-state index in [0.29, 0.717) is 45.0 Å². The number of hydrogen-bond acceptors (Lipinski definition) is 7. The Morgan fingerprint density at radius 3 is 2.21 bits per heavy atom. The van der Waals surface area contributed by atoms with Crippen molar-refractivity contribution in [2.75, 3.05) is 71.6 Å². The molecular weight excluding hydrogens is 446 g/mol. The number of morpholine rings is 1. The molecule has 0 N–H and O–H groups in total. The van der Waals surface area contributed by atoms with Crippen molar-refractivity contribution in [1.82, 2.24) is 9.21 Å². The molecule has 178 valence electrons. The van der Waals surface area contributed by atoms with Crippen molar-refractivity contribution in [3.05, 3.63) is 48.0 Å². The number of piperazine rings is 1. The highest BCUT2D eigenvalue weighted by Gasteiger charge is 2.31. The molecule has 33 heavy (non-hydrogen) atoms. The van der Waals surface area contributed by atoms with Gasteiger partial charge in [0.2, 0.25) is 10.0 Å². The van der Waals surface area contributed by atoms with Crippen LogP contribution in [0.25, 0.3) is 0 Å². The van der Waals surface area contributed by atoms with Gasteiger partial charge in [0.15, 0.2) is 0 Å². The number of methoxy groups -OCH3 is 2. The molecule has 2 saturated heterocycles. The number of amides is 1. The number of nitrogens with zero attached hydrogens (tertiary/aromatic N) is 3. The van der Waals surface area contributed by atoms with Crippen molar-refractivity contribution in [2.45, 2.75) is 4.90 Å². The molecule has 0 atom stereocenters. The first-order valence-electron chi connectivity index (χ1n) is 10.9. The van der Waals surface area contributed by atoms with E-state index in [9.17, 15) is 13.2 Å². The van der Waals surface area contributed by atoms with Crippen LogP contribution in [-0.2, 0) is 14.8 Å². The normalized spacial score (nSPS) is 17.6. The second-order valence-corrected chi connectivity index (χ2v) is 9.74. The van der Waals surface area contributed by atoms with Crippen LogP contribution in [0.1, 0.15) is 10.4 Å². The van der Waals surface area contributed by atoms with Crippen molar-refractivity contribution >= 4 is 21.6 Å². The van der Waals surface area contributed by atoms with Gasteiger partial charge in [-0.2, -0.15) is 4.31 Å². The predicted octanol–water partition coefficient (Wildman–Crippen LogP) is 1.69.